The fourth-order valence-electron chi connectivity index (χ4n) is 2.62. The molecule has 1 aromatic carbocycles. The number of amides is 2. The van der Waals surface area contributed by atoms with Crippen LogP contribution in [0, 0.1) is 18.7 Å². The number of carbonyl (C=O) groups excluding carboxylic acids is 2. The van der Waals surface area contributed by atoms with Gasteiger partial charge in [0.1, 0.15) is 11.6 Å². The standard InChI is InChI=1S/C17H16FN3O2/c1-11-6-7-19-15(8-11)20-17(23)12-9-16(22)21(10-12)14-5-3-2-4-13(14)18/h2-8,12H,9-10H2,1H3,(H,19,20,23)/t12-/m0/s1. The number of pyridine rings is 1. The molecule has 23 heavy (non-hydrogen) atoms. The second-order valence-corrected chi connectivity index (χ2v) is 5.56. The van der Waals surface area contributed by atoms with Crippen LogP contribution < -0.4 is 10.2 Å². The molecule has 0 unspecified atom stereocenters. The van der Waals surface area contributed by atoms with Gasteiger partial charge in [0.25, 0.3) is 0 Å². The fourth-order valence-corrected chi connectivity index (χ4v) is 2.62. The summed E-state index contributed by atoms with van der Waals surface area (Å²) in [6.45, 7) is 2.06. The molecule has 1 atom stereocenters. The van der Waals surface area contributed by atoms with Crippen LogP contribution in [0.4, 0.5) is 15.9 Å². The van der Waals surface area contributed by atoms with E-state index in [2.05, 4.69) is 10.3 Å². The minimum absolute atomic E-state index is 0.0615. The van der Waals surface area contributed by atoms with Gasteiger partial charge in [0, 0.05) is 19.2 Å². The number of carbonyl (C=O) groups is 2. The summed E-state index contributed by atoms with van der Waals surface area (Å²) in [5.74, 6) is -1.08. The van der Waals surface area contributed by atoms with Gasteiger partial charge in [-0.3, -0.25) is 9.59 Å². The summed E-state index contributed by atoms with van der Waals surface area (Å²) in [6.07, 6.45) is 1.67. The van der Waals surface area contributed by atoms with Gasteiger partial charge in [0.15, 0.2) is 0 Å². The number of nitrogens with one attached hydrogen (secondary N) is 1. The largest absolute Gasteiger partial charge is 0.310 e. The smallest absolute Gasteiger partial charge is 0.230 e. The summed E-state index contributed by atoms with van der Waals surface area (Å²) >= 11 is 0. The van der Waals surface area contributed by atoms with Crippen molar-refractivity contribution in [2.75, 3.05) is 16.8 Å². The van der Waals surface area contributed by atoms with Crippen LogP contribution in [0.3, 0.4) is 0 Å². The summed E-state index contributed by atoms with van der Waals surface area (Å²) in [5.41, 5.74) is 1.19. The molecule has 1 aliphatic rings. The first-order chi connectivity index (χ1) is 11.0. The molecule has 2 amide bonds. The third-order valence-corrected chi connectivity index (χ3v) is 3.81. The van der Waals surface area contributed by atoms with Gasteiger partial charge >= 0.3 is 0 Å². The van der Waals surface area contributed by atoms with E-state index < -0.39 is 11.7 Å². The van der Waals surface area contributed by atoms with Crippen LogP contribution in [0.1, 0.15) is 12.0 Å². The molecule has 0 saturated carbocycles. The number of aromatic nitrogens is 1. The lowest BCUT2D eigenvalue weighted by Crippen LogP contribution is -2.28. The third-order valence-electron chi connectivity index (χ3n) is 3.81. The first-order valence-electron chi connectivity index (χ1n) is 7.33. The van der Waals surface area contributed by atoms with Crippen LogP contribution in [0.5, 0.6) is 0 Å². The van der Waals surface area contributed by atoms with E-state index in [0.29, 0.717) is 5.82 Å². The summed E-state index contributed by atoms with van der Waals surface area (Å²) in [6, 6.07) is 9.64. The average molecular weight is 313 g/mol. The van der Waals surface area contributed by atoms with Crippen LogP contribution in [-0.4, -0.2) is 23.3 Å². The molecule has 118 valence electrons. The highest BCUT2D eigenvalue weighted by atomic mass is 19.1. The van der Waals surface area contributed by atoms with E-state index in [9.17, 15) is 14.0 Å². The van der Waals surface area contributed by atoms with Crippen molar-refractivity contribution in [3.63, 3.8) is 0 Å². The van der Waals surface area contributed by atoms with E-state index in [1.807, 2.05) is 13.0 Å². The van der Waals surface area contributed by atoms with E-state index in [4.69, 9.17) is 0 Å². The van der Waals surface area contributed by atoms with Gasteiger partial charge in [-0.05, 0) is 36.8 Å². The minimum atomic E-state index is -0.524. The molecule has 3 rings (SSSR count). The fraction of sp³-hybridized carbons (Fsp3) is 0.235. The van der Waals surface area contributed by atoms with Crippen molar-refractivity contribution in [1.82, 2.24) is 4.98 Å². The molecular formula is C17H16FN3O2. The maximum absolute atomic E-state index is 13.8. The zero-order valence-corrected chi connectivity index (χ0v) is 12.6. The quantitative estimate of drug-likeness (QED) is 0.947. The van der Waals surface area contributed by atoms with Crippen molar-refractivity contribution in [2.24, 2.45) is 5.92 Å². The van der Waals surface area contributed by atoms with Crippen LogP contribution in [-0.2, 0) is 9.59 Å². The SMILES string of the molecule is Cc1ccnc(NC(=O)[C@H]2CC(=O)N(c3ccccc3F)C2)c1. The van der Waals surface area contributed by atoms with Crippen LogP contribution in [0.25, 0.3) is 0 Å². The molecule has 0 aliphatic carbocycles. The molecule has 0 bridgehead atoms. The highest BCUT2D eigenvalue weighted by molar-refractivity contribution is 6.03. The van der Waals surface area contributed by atoms with E-state index in [0.717, 1.165) is 5.56 Å². The van der Waals surface area contributed by atoms with Gasteiger partial charge in [-0.25, -0.2) is 9.37 Å². The Balaban J connectivity index is 1.72. The maximum atomic E-state index is 13.8. The molecule has 0 spiro atoms. The molecule has 2 heterocycles. The summed E-state index contributed by atoms with van der Waals surface area (Å²) in [5, 5.41) is 2.71. The molecule has 1 N–H and O–H groups in total. The monoisotopic (exact) mass is 313 g/mol. The molecular weight excluding hydrogens is 297 g/mol. The van der Waals surface area contributed by atoms with Crippen molar-refractivity contribution in [1.29, 1.82) is 0 Å². The first-order valence-corrected chi connectivity index (χ1v) is 7.33. The van der Waals surface area contributed by atoms with Crippen molar-refractivity contribution in [2.45, 2.75) is 13.3 Å². The highest BCUT2D eigenvalue weighted by Crippen LogP contribution is 2.27. The van der Waals surface area contributed by atoms with E-state index >= 15 is 0 Å². The zero-order chi connectivity index (χ0) is 16.4. The Labute approximate surface area is 133 Å². The Morgan fingerprint density at radius 3 is 2.87 bits per heavy atom. The molecule has 1 aromatic heterocycles. The number of aryl methyl sites for hydroxylation is 1. The number of para-hydroxylation sites is 1. The number of rotatable bonds is 3. The van der Waals surface area contributed by atoms with Crippen molar-refractivity contribution >= 4 is 23.3 Å². The van der Waals surface area contributed by atoms with E-state index in [-0.39, 0.29) is 30.5 Å². The molecule has 1 fully saturated rings. The lowest BCUT2D eigenvalue weighted by atomic mass is 10.1. The maximum Gasteiger partial charge on any atom is 0.230 e. The zero-order valence-electron chi connectivity index (χ0n) is 12.6. The summed E-state index contributed by atoms with van der Waals surface area (Å²) in [7, 11) is 0. The average Bonchev–Trinajstić information content (AvgIpc) is 2.90. The Bertz CT molecular complexity index is 763. The second-order valence-electron chi connectivity index (χ2n) is 5.56. The summed E-state index contributed by atoms with van der Waals surface area (Å²) in [4.78, 5) is 29.8. The predicted octanol–water partition coefficient (Wildman–Crippen LogP) is 2.52. The number of benzene rings is 1. The molecule has 2 aromatic rings. The summed E-state index contributed by atoms with van der Waals surface area (Å²) < 4.78 is 13.8. The Morgan fingerprint density at radius 2 is 2.13 bits per heavy atom. The second kappa shape index (κ2) is 6.16. The van der Waals surface area contributed by atoms with Crippen molar-refractivity contribution < 1.29 is 14.0 Å². The molecule has 6 heteroatoms. The Morgan fingerprint density at radius 1 is 1.35 bits per heavy atom. The number of hydrogen-bond donors (Lipinski definition) is 1. The normalized spacial score (nSPS) is 17.4. The molecule has 1 saturated heterocycles. The molecule has 0 radical (unpaired) electrons. The first kappa shape index (κ1) is 15.1. The topological polar surface area (TPSA) is 62.3 Å². The number of anilines is 2. The van der Waals surface area contributed by atoms with Crippen LogP contribution >= 0.6 is 0 Å². The number of halogens is 1. The van der Waals surface area contributed by atoms with Crippen molar-refractivity contribution in [3.05, 3.63) is 54.0 Å². The number of hydrogen-bond acceptors (Lipinski definition) is 3. The molecule has 5 nitrogen and oxygen atoms in total. The van der Waals surface area contributed by atoms with Gasteiger partial charge in [0.2, 0.25) is 11.8 Å². The van der Waals surface area contributed by atoms with Gasteiger partial charge in [-0.2, -0.15) is 0 Å². The van der Waals surface area contributed by atoms with E-state index in [1.54, 1.807) is 24.4 Å². The Hall–Kier alpha value is -2.76. The van der Waals surface area contributed by atoms with Crippen LogP contribution in [0.15, 0.2) is 42.6 Å². The lowest BCUT2D eigenvalue weighted by Gasteiger charge is -2.17. The minimum Gasteiger partial charge on any atom is -0.310 e. The number of nitrogens with zero attached hydrogens (tertiary/aromatic N) is 2. The van der Waals surface area contributed by atoms with Gasteiger partial charge in [-0.1, -0.05) is 12.1 Å². The van der Waals surface area contributed by atoms with Gasteiger partial charge < -0.3 is 10.2 Å². The highest BCUT2D eigenvalue weighted by Gasteiger charge is 2.36. The van der Waals surface area contributed by atoms with Crippen LogP contribution in [0.2, 0.25) is 0 Å². The third kappa shape index (κ3) is 3.21. The van der Waals surface area contributed by atoms with Gasteiger partial charge in [0.05, 0.1) is 11.6 Å². The molecule has 1 aliphatic heterocycles. The lowest BCUT2D eigenvalue weighted by molar-refractivity contribution is -0.122. The van der Waals surface area contributed by atoms with Crippen molar-refractivity contribution in [3.8, 4) is 0 Å². The predicted molar refractivity (Wildman–Crippen MR) is 84.5 cm³/mol. The Kier molecular flexibility index (Phi) is 4.06. The van der Waals surface area contributed by atoms with E-state index in [1.165, 1.54) is 17.0 Å². The van der Waals surface area contributed by atoms with Gasteiger partial charge in [-0.15, -0.1) is 0 Å².